The standard InChI is InChI=1S/C19H18N4O3/c1-2-26-19(25)12-9-14-7-10-15(11-8-14)20-18(24)13-23-17-6-4-3-5-16(17)21-22-23/h3-12H,2,13H2,1H3,(H,20,24). The highest BCUT2D eigenvalue weighted by atomic mass is 16.5. The summed E-state index contributed by atoms with van der Waals surface area (Å²) >= 11 is 0. The van der Waals surface area contributed by atoms with Crippen LogP contribution in [0.4, 0.5) is 5.69 Å². The zero-order chi connectivity index (χ0) is 18.4. The maximum Gasteiger partial charge on any atom is 0.330 e. The third-order valence-electron chi connectivity index (χ3n) is 3.61. The molecule has 0 atom stereocenters. The molecule has 3 rings (SSSR count). The van der Waals surface area contributed by atoms with Crippen molar-refractivity contribution in [1.29, 1.82) is 0 Å². The molecule has 7 heteroatoms. The molecular weight excluding hydrogens is 332 g/mol. The van der Waals surface area contributed by atoms with Crippen molar-refractivity contribution in [2.24, 2.45) is 0 Å². The van der Waals surface area contributed by atoms with Gasteiger partial charge < -0.3 is 10.1 Å². The predicted molar refractivity (Wildman–Crippen MR) is 98.3 cm³/mol. The van der Waals surface area contributed by atoms with Crippen LogP contribution in [0.5, 0.6) is 0 Å². The molecule has 2 aromatic carbocycles. The largest absolute Gasteiger partial charge is 0.463 e. The number of carbonyl (C=O) groups is 2. The number of nitrogens with zero attached hydrogens (tertiary/aromatic N) is 3. The first-order valence-corrected chi connectivity index (χ1v) is 8.18. The molecular formula is C19H18N4O3. The number of hydrogen-bond acceptors (Lipinski definition) is 5. The van der Waals surface area contributed by atoms with Crippen molar-refractivity contribution in [3.05, 3.63) is 60.2 Å². The zero-order valence-electron chi connectivity index (χ0n) is 14.3. The number of esters is 1. The first kappa shape index (κ1) is 17.3. The van der Waals surface area contributed by atoms with Gasteiger partial charge in [0.25, 0.3) is 0 Å². The second-order valence-electron chi connectivity index (χ2n) is 5.49. The van der Waals surface area contributed by atoms with Crippen molar-refractivity contribution in [3.8, 4) is 0 Å². The molecule has 0 saturated heterocycles. The molecule has 1 N–H and O–H groups in total. The van der Waals surface area contributed by atoms with E-state index in [0.717, 1.165) is 16.6 Å². The molecule has 1 amide bonds. The number of nitrogens with one attached hydrogen (secondary N) is 1. The molecule has 0 aliphatic carbocycles. The van der Waals surface area contributed by atoms with Gasteiger partial charge in [-0.25, -0.2) is 9.48 Å². The van der Waals surface area contributed by atoms with Crippen LogP contribution < -0.4 is 5.32 Å². The number of anilines is 1. The summed E-state index contributed by atoms with van der Waals surface area (Å²) in [7, 11) is 0. The summed E-state index contributed by atoms with van der Waals surface area (Å²) in [5.41, 5.74) is 3.05. The Morgan fingerprint density at radius 3 is 2.69 bits per heavy atom. The number of amides is 1. The van der Waals surface area contributed by atoms with Gasteiger partial charge in [-0.3, -0.25) is 4.79 Å². The lowest BCUT2D eigenvalue weighted by atomic mass is 10.2. The topological polar surface area (TPSA) is 86.1 Å². The Hall–Kier alpha value is -3.48. The van der Waals surface area contributed by atoms with Crippen molar-refractivity contribution in [3.63, 3.8) is 0 Å². The van der Waals surface area contributed by atoms with Crippen LogP contribution in [0.15, 0.2) is 54.6 Å². The molecule has 7 nitrogen and oxygen atoms in total. The van der Waals surface area contributed by atoms with Gasteiger partial charge in [0, 0.05) is 11.8 Å². The van der Waals surface area contributed by atoms with Crippen molar-refractivity contribution < 1.29 is 14.3 Å². The van der Waals surface area contributed by atoms with Crippen molar-refractivity contribution in [2.45, 2.75) is 13.5 Å². The van der Waals surface area contributed by atoms with Crippen LogP contribution in [0.2, 0.25) is 0 Å². The Balaban J connectivity index is 1.60. The summed E-state index contributed by atoms with van der Waals surface area (Å²) in [5, 5.41) is 10.8. The van der Waals surface area contributed by atoms with Gasteiger partial charge in [-0.2, -0.15) is 0 Å². The van der Waals surface area contributed by atoms with Crippen LogP contribution in [-0.2, 0) is 20.9 Å². The van der Waals surface area contributed by atoms with Crippen LogP contribution in [0.3, 0.4) is 0 Å². The van der Waals surface area contributed by atoms with E-state index in [-0.39, 0.29) is 18.4 Å². The number of aromatic nitrogens is 3. The molecule has 26 heavy (non-hydrogen) atoms. The van der Waals surface area contributed by atoms with Crippen LogP contribution in [0.25, 0.3) is 17.1 Å². The maximum atomic E-state index is 12.2. The highest BCUT2D eigenvalue weighted by Crippen LogP contribution is 2.12. The monoisotopic (exact) mass is 350 g/mol. The Labute approximate surface area is 150 Å². The Kier molecular flexibility index (Phi) is 5.38. The van der Waals surface area contributed by atoms with E-state index in [1.54, 1.807) is 41.9 Å². The second-order valence-corrected chi connectivity index (χ2v) is 5.49. The lowest BCUT2D eigenvalue weighted by molar-refractivity contribution is -0.137. The summed E-state index contributed by atoms with van der Waals surface area (Å²) in [6.45, 7) is 2.17. The molecule has 0 aliphatic rings. The van der Waals surface area contributed by atoms with Gasteiger partial charge in [0.15, 0.2) is 0 Å². The molecule has 3 aromatic rings. The van der Waals surface area contributed by atoms with Crippen molar-refractivity contribution >= 4 is 34.7 Å². The third-order valence-corrected chi connectivity index (χ3v) is 3.61. The molecule has 0 radical (unpaired) electrons. The summed E-state index contributed by atoms with van der Waals surface area (Å²) < 4.78 is 6.38. The fraction of sp³-hybridized carbons (Fsp3) is 0.158. The van der Waals surface area contributed by atoms with Gasteiger partial charge in [-0.15, -0.1) is 5.10 Å². The van der Waals surface area contributed by atoms with E-state index in [4.69, 9.17) is 4.74 Å². The molecule has 0 aliphatic heterocycles. The first-order valence-electron chi connectivity index (χ1n) is 8.18. The third kappa shape index (κ3) is 4.32. The van der Waals surface area contributed by atoms with Gasteiger partial charge in [0.2, 0.25) is 5.91 Å². The number of para-hydroxylation sites is 1. The molecule has 1 aromatic heterocycles. The number of carbonyl (C=O) groups excluding carboxylic acids is 2. The number of rotatable bonds is 6. The fourth-order valence-corrected chi connectivity index (χ4v) is 2.40. The highest BCUT2D eigenvalue weighted by Gasteiger charge is 2.08. The van der Waals surface area contributed by atoms with Crippen LogP contribution in [0, 0.1) is 0 Å². The van der Waals surface area contributed by atoms with Crippen LogP contribution in [0.1, 0.15) is 12.5 Å². The van der Waals surface area contributed by atoms with Gasteiger partial charge in [0.1, 0.15) is 12.1 Å². The van der Waals surface area contributed by atoms with Gasteiger partial charge >= 0.3 is 5.97 Å². The maximum absolute atomic E-state index is 12.2. The Morgan fingerprint density at radius 2 is 1.92 bits per heavy atom. The number of hydrogen-bond donors (Lipinski definition) is 1. The summed E-state index contributed by atoms with van der Waals surface area (Å²) in [4.78, 5) is 23.5. The van der Waals surface area contributed by atoms with E-state index in [1.807, 2.05) is 24.3 Å². The summed E-state index contributed by atoms with van der Waals surface area (Å²) in [6, 6.07) is 14.6. The van der Waals surface area contributed by atoms with Crippen LogP contribution in [-0.4, -0.2) is 33.5 Å². The van der Waals surface area contributed by atoms with Gasteiger partial charge in [-0.1, -0.05) is 29.5 Å². The van der Waals surface area contributed by atoms with E-state index >= 15 is 0 Å². The SMILES string of the molecule is CCOC(=O)C=Cc1ccc(NC(=O)Cn2nnc3ccccc32)cc1. The van der Waals surface area contributed by atoms with Crippen LogP contribution >= 0.6 is 0 Å². The molecule has 0 saturated carbocycles. The van der Waals surface area contributed by atoms with E-state index in [0.29, 0.717) is 12.3 Å². The van der Waals surface area contributed by atoms with Gasteiger partial charge in [-0.05, 0) is 42.8 Å². The average Bonchev–Trinajstić information content (AvgIpc) is 3.04. The van der Waals surface area contributed by atoms with Crippen molar-refractivity contribution in [2.75, 3.05) is 11.9 Å². The minimum Gasteiger partial charge on any atom is -0.463 e. The van der Waals surface area contributed by atoms with Gasteiger partial charge in [0.05, 0.1) is 12.1 Å². The number of benzene rings is 2. The fourth-order valence-electron chi connectivity index (χ4n) is 2.40. The minimum absolute atomic E-state index is 0.0744. The van der Waals surface area contributed by atoms with E-state index in [2.05, 4.69) is 15.6 Å². The molecule has 1 heterocycles. The Morgan fingerprint density at radius 1 is 1.15 bits per heavy atom. The van der Waals surface area contributed by atoms with E-state index < -0.39 is 0 Å². The summed E-state index contributed by atoms with van der Waals surface area (Å²) in [6.07, 6.45) is 3.03. The summed E-state index contributed by atoms with van der Waals surface area (Å²) in [5.74, 6) is -0.583. The zero-order valence-corrected chi connectivity index (χ0v) is 14.3. The molecule has 0 fully saturated rings. The molecule has 0 bridgehead atoms. The predicted octanol–water partition coefficient (Wildman–Crippen LogP) is 2.65. The van der Waals surface area contributed by atoms with E-state index in [1.165, 1.54) is 6.08 Å². The number of ether oxygens (including phenoxy) is 1. The lowest BCUT2D eigenvalue weighted by Crippen LogP contribution is -2.19. The van der Waals surface area contributed by atoms with E-state index in [9.17, 15) is 9.59 Å². The first-order chi connectivity index (χ1) is 12.7. The second kappa shape index (κ2) is 8.06. The normalized spacial score (nSPS) is 11.0. The smallest absolute Gasteiger partial charge is 0.330 e. The lowest BCUT2D eigenvalue weighted by Gasteiger charge is -2.06. The average molecular weight is 350 g/mol. The molecule has 132 valence electrons. The Bertz CT molecular complexity index is 945. The molecule has 0 unspecified atom stereocenters. The van der Waals surface area contributed by atoms with Crippen molar-refractivity contribution in [1.82, 2.24) is 15.0 Å². The quantitative estimate of drug-likeness (QED) is 0.545. The minimum atomic E-state index is -0.384. The molecule has 0 spiro atoms. The highest BCUT2D eigenvalue weighted by molar-refractivity contribution is 5.91. The number of fused-ring (bicyclic) bond motifs is 1.